The van der Waals surface area contributed by atoms with Crippen LogP contribution in [0.15, 0.2) is 54.7 Å². The third-order valence-corrected chi connectivity index (χ3v) is 19.1. The van der Waals surface area contributed by atoms with Gasteiger partial charge in [-0.25, -0.2) is 9.97 Å². The van der Waals surface area contributed by atoms with E-state index in [1.54, 1.807) is 0 Å². The predicted molar refractivity (Wildman–Crippen MR) is 182 cm³/mol. The molecule has 42 heavy (non-hydrogen) atoms. The van der Waals surface area contributed by atoms with Gasteiger partial charge in [-0.2, -0.15) is 0 Å². The standard InChI is InChI=1S/C34H50N4O2Si2/c1-33(2,3)41(7,8)39-22-24-20-25(21-29(24)40-42(9,10)34(4,5)6)36-28-18-19-35-32-30(28)37-31(38-32)27-17-13-15-23-14-11-12-16-26(23)27/h11-19,24-25,29H,20-22H2,1-10H3,(H2,35,36,37,38)/t24-,25+,29-/m0/s1. The molecule has 2 aromatic heterocycles. The zero-order chi connectivity index (χ0) is 30.5. The Morgan fingerprint density at radius 2 is 1.57 bits per heavy atom. The topological polar surface area (TPSA) is 72.1 Å². The molecule has 226 valence electrons. The molecule has 0 saturated heterocycles. The van der Waals surface area contributed by atoms with Crippen LogP contribution in [-0.2, 0) is 8.85 Å². The molecule has 0 radical (unpaired) electrons. The molecule has 0 spiro atoms. The number of hydrogen-bond acceptors (Lipinski definition) is 5. The monoisotopic (exact) mass is 602 g/mol. The molecule has 1 saturated carbocycles. The number of aromatic amines is 1. The van der Waals surface area contributed by atoms with Crippen LogP contribution in [0.2, 0.25) is 36.3 Å². The van der Waals surface area contributed by atoms with E-state index in [0.29, 0.717) is 5.92 Å². The average molecular weight is 603 g/mol. The van der Waals surface area contributed by atoms with Gasteiger partial charge in [0.05, 0.1) is 11.8 Å². The Balaban J connectivity index is 1.40. The first kappa shape index (κ1) is 30.9. The van der Waals surface area contributed by atoms with Gasteiger partial charge < -0.3 is 19.2 Å². The average Bonchev–Trinajstić information content (AvgIpc) is 3.50. The van der Waals surface area contributed by atoms with Gasteiger partial charge in [0.15, 0.2) is 22.3 Å². The molecule has 0 bridgehead atoms. The molecule has 5 rings (SSSR count). The van der Waals surface area contributed by atoms with Gasteiger partial charge in [0.25, 0.3) is 0 Å². The van der Waals surface area contributed by atoms with E-state index < -0.39 is 16.6 Å². The molecule has 2 aromatic carbocycles. The van der Waals surface area contributed by atoms with E-state index in [1.165, 1.54) is 10.8 Å². The maximum atomic E-state index is 7.09. The maximum absolute atomic E-state index is 7.09. The van der Waals surface area contributed by atoms with Gasteiger partial charge in [0, 0.05) is 30.3 Å². The zero-order valence-electron chi connectivity index (χ0n) is 27.3. The number of anilines is 1. The van der Waals surface area contributed by atoms with E-state index in [4.69, 9.17) is 13.8 Å². The number of rotatable bonds is 8. The second-order valence-electron chi connectivity index (χ2n) is 15.2. The molecule has 0 unspecified atom stereocenters. The number of hydrogen-bond donors (Lipinski definition) is 2. The molecular formula is C34H50N4O2Si2. The lowest BCUT2D eigenvalue weighted by Gasteiger charge is -2.41. The largest absolute Gasteiger partial charge is 0.416 e. The molecule has 0 amide bonds. The molecule has 2 N–H and O–H groups in total. The highest BCUT2D eigenvalue weighted by molar-refractivity contribution is 6.74. The molecule has 2 heterocycles. The summed E-state index contributed by atoms with van der Waals surface area (Å²) in [5.74, 6) is 1.20. The number of H-pyrrole nitrogens is 1. The summed E-state index contributed by atoms with van der Waals surface area (Å²) >= 11 is 0. The number of benzene rings is 2. The summed E-state index contributed by atoms with van der Waals surface area (Å²) in [5.41, 5.74) is 3.81. The van der Waals surface area contributed by atoms with Crippen molar-refractivity contribution in [3.05, 3.63) is 54.7 Å². The number of fused-ring (bicyclic) bond motifs is 2. The minimum absolute atomic E-state index is 0.161. The Morgan fingerprint density at radius 1 is 0.881 bits per heavy atom. The fraction of sp³-hybridized carbons (Fsp3) is 0.529. The highest BCUT2D eigenvalue weighted by Crippen LogP contribution is 2.43. The van der Waals surface area contributed by atoms with Gasteiger partial charge in [0.2, 0.25) is 0 Å². The van der Waals surface area contributed by atoms with E-state index in [9.17, 15) is 0 Å². The van der Waals surface area contributed by atoms with Crippen molar-refractivity contribution in [1.82, 2.24) is 15.0 Å². The van der Waals surface area contributed by atoms with Crippen molar-refractivity contribution < 1.29 is 8.85 Å². The second-order valence-corrected chi connectivity index (χ2v) is 24.8. The Kier molecular flexibility index (Phi) is 8.24. The molecule has 6 nitrogen and oxygen atoms in total. The minimum Gasteiger partial charge on any atom is -0.416 e. The third kappa shape index (κ3) is 6.23. The number of imidazole rings is 1. The van der Waals surface area contributed by atoms with Gasteiger partial charge in [-0.05, 0) is 65.9 Å². The van der Waals surface area contributed by atoms with Crippen LogP contribution in [0.5, 0.6) is 0 Å². The van der Waals surface area contributed by atoms with Crippen molar-refractivity contribution >= 4 is 44.3 Å². The minimum atomic E-state index is -1.94. The number of nitrogens with zero attached hydrogens (tertiary/aromatic N) is 2. The summed E-state index contributed by atoms with van der Waals surface area (Å²) in [4.78, 5) is 13.1. The fourth-order valence-corrected chi connectivity index (χ4v) is 7.88. The number of pyridine rings is 1. The quantitative estimate of drug-likeness (QED) is 0.197. The second kappa shape index (κ2) is 11.2. The SMILES string of the molecule is CC(C)(C)[Si](C)(C)OC[C@@H]1C[C@@H](Nc2ccnc3nc(-c4cccc5ccccc45)[nH]c23)C[C@@H]1O[Si](C)(C)C(C)(C)C. The first-order valence-corrected chi connectivity index (χ1v) is 21.3. The Bertz CT molecular complexity index is 1550. The Hall–Kier alpha value is -2.53. The molecule has 3 atom stereocenters. The van der Waals surface area contributed by atoms with Crippen LogP contribution in [0.4, 0.5) is 5.69 Å². The molecule has 1 aliphatic carbocycles. The van der Waals surface area contributed by atoms with Crippen molar-refractivity contribution in [3.63, 3.8) is 0 Å². The van der Waals surface area contributed by atoms with Gasteiger partial charge in [0.1, 0.15) is 11.3 Å². The maximum Gasteiger partial charge on any atom is 0.192 e. The van der Waals surface area contributed by atoms with Crippen molar-refractivity contribution in [2.24, 2.45) is 5.92 Å². The molecular weight excluding hydrogens is 553 g/mol. The van der Waals surface area contributed by atoms with E-state index >= 15 is 0 Å². The van der Waals surface area contributed by atoms with Crippen LogP contribution in [0.25, 0.3) is 33.3 Å². The summed E-state index contributed by atoms with van der Waals surface area (Å²) in [7, 11) is -3.81. The lowest BCUT2D eigenvalue weighted by molar-refractivity contribution is 0.101. The molecule has 1 fully saturated rings. The van der Waals surface area contributed by atoms with Crippen LogP contribution in [0.1, 0.15) is 54.4 Å². The van der Waals surface area contributed by atoms with Crippen molar-refractivity contribution in [2.45, 2.75) is 103 Å². The lowest BCUT2D eigenvalue weighted by atomic mass is 10.0. The first-order chi connectivity index (χ1) is 19.6. The first-order valence-electron chi connectivity index (χ1n) is 15.5. The number of nitrogens with one attached hydrogen (secondary N) is 2. The van der Waals surface area contributed by atoms with Crippen LogP contribution >= 0.6 is 0 Å². The summed E-state index contributed by atoms with van der Waals surface area (Å²) in [6.45, 7) is 24.1. The number of aromatic nitrogens is 3. The van der Waals surface area contributed by atoms with E-state index in [0.717, 1.165) is 47.7 Å². The zero-order valence-corrected chi connectivity index (χ0v) is 29.3. The van der Waals surface area contributed by atoms with Gasteiger partial charge in [-0.15, -0.1) is 0 Å². The van der Waals surface area contributed by atoms with Crippen molar-refractivity contribution in [1.29, 1.82) is 0 Å². The lowest BCUT2D eigenvalue weighted by Crippen LogP contribution is -2.46. The van der Waals surface area contributed by atoms with Gasteiger partial charge >= 0.3 is 0 Å². The predicted octanol–water partition coefficient (Wildman–Crippen LogP) is 9.38. The highest BCUT2D eigenvalue weighted by atomic mass is 28.4. The molecule has 8 heteroatoms. The van der Waals surface area contributed by atoms with Crippen LogP contribution < -0.4 is 5.32 Å². The smallest absolute Gasteiger partial charge is 0.192 e. The summed E-state index contributed by atoms with van der Waals surface area (Å²) in [5, 5.41) is 6.60. The normalized spacial score (nSPS) is 20.5. The summed E-state index contributed by atoms with van der Waals surface area (Å²) in [6.07, 6.45) is 4.02. The Labute approximate surface area is 254 Å². The van der Waals surface area contributed by atoms with Crippen LogP contribution in [-0.4, -0.2) is 50.3 Å². The van der Waals surface area contributed by atoms with Crippen molar-refractivity contribution in [3.8, 4) is 11.4 Å². The Morgan fingerprint density at radius 3 is 2.29 bits per heavy atom. The van der Waals surface area contributed by atoms with Gasteiger partial charge in [-0.3, -0.25) is 0 Å². The summed E-state index contributed by atoms with van der Waals surface area (Å²) < 4.78 is 13.9. The fourth-order valence-electron chi connectivity index (χ4n) is 5.42. The van der Waals surface area contributed by atoms with Crippen LogP contribution in [0, 0.1) is 5.92 Å². The van der Waals surface area contributed by atoms with E-state index in [-0.39, 0.29) is 22.2 Å². The highest BCUT2D eigenvalue weighted by Gasteiger charge is 2.45. The van der Waals surface area contributed by atoms with Crippen molar-refractivity contribution in [2.75, 3.05) is 11.9 Å². The molecule has 0 aliphatic heterocycles. The van der Waals surface area contributed by atoms with E-state index in [1.807, 2.05) is 6.20 Å². The third-order valence-electron chi connectivity index (χ3n) is 10.1. The molecule has 1 aliphatic rings. The van der Waals surface area contributed by atoms with Crippen LogP contribution in [0.3, 0.4) is 0 Å². The van der Waals surface area contributed by atoms with Gasteiger partial charge in [-0.1, -0.05) is 84.0 Å². The summed E-state index contributed by atoms with van der Waals surface area (Å²) in [6, 6.07) is 17.1. The van der Waals surface area contributed by atoms with E-state index in [2.05, 4.69) is 132 Å². The molecule has 4 aromatic rings.